The molecule has 0 spiro atoms. The molecule has 0 heterocycles. The Morgan fingerprint density at radius 1 is 1.17 bits per heavy atom. The molecule has 0 fully saturated rings. The SMILES string of the molecule is CCOC(C)(C)C(N)c1ccc(OC)c(OC)c1. The van der Waals surface area contributed by atoms with E-state index in [0.29, 0.717) is 18.1 Å². The maximum absolute atomic E-state index is 6.25. The Balaban J connectivity index is 3.03. The van der Waals surface area contributed by atoms with Crippen LogP contribution >= 0.6 is 0 Å². The summed E-state index contributed by atoms with van der Waals surface area (Å²) in [6.07, 6.45) is 0. The first-order valence-corrected chi connectivity index (χ1v) is 6.07. The number of benzene rings is 1. The maximum atomic E-state index is 6.25. The fourth-order valence-electron chi connectivity index (χ4n) is 1.91. The van der Waals surface area contributed by atoms with Gasteiger partial charge in [0.2, 0.25) is 0 Å². The molecule has 1 unspecified atom stereocenters. The third kappa shape index (κ3) is 3.15. The Kier molecular flexibility index (Phi) is 4.99. The van der Waals surface area contributed by atoms with E-state index in [-0.39, 0.29) is 6.04 Å². The first-order chi connectivity index (χ1) is 8.46. The fraction of sp³-hybridized carbons (Fsp3) is 0.571. The topological polar surface area (TPSA) is 53.7 Å². The van der Waals surface area contributed by atoms with E-state index in [0.717, 1.165) is 5.56 Å². The van der Waals surface area contributed by atoms with E-state index in [2.05, 4.69) is 0 Å². The van der Waals surface area contributed by atoms with Crippen LogP contribution in [0.15, 0.2) is 18.2 Å². The van der Waals surface area contributed by atoms with Gasteiger partial charge in [-0.1, -0.05) is 6.07 Å². The summed E-state index contributed by atoms with van der Waals surface area (Å²) in [5.74, 6) is 1.38. The van der Waals surface area contributed by atoms with E-state index in [1.807, 2.05) is 39.0 Å². The van der Waals surface area contributed by atoms with Crippen LogP contribution in [0.3, 0.4) is 0 Å². The molecule has 1 aromatic carbocycles. The minimum Gasteiger partial charge on any atom is -0.493 e. The molecular formula is C14H23NO3. The van der Waals surface area contributed by atoms with Crippen LogP contribution in [-0.4, -0.2) is 26.4 Å². The van der Waals surface area contributed by atoms with Gasteiger partial charge in [-0.15, -0.1) is 0 Å². The summed E-state index contributed by atoms with van der Waals surface area (Å²) in [5, 5.41) is 0. The minimum atomic E-state index is -0.422. The third-order valence-corrected chi connectivity index (χ3v) is 3.03. The van der Waals surface area contributed by atoms with Gasteiger partial charge in [0.1, 0.15) is 0 Å². The molecule has 0 aliphatic carbocycles. The smallest absolute Gasteiger partial charge is 0.161 e. The van der Waals surface area contributed by atoms with Crippen LogP contribution in [-0.2, 0) is 4.74 Å². The number of nitrogens with two attached hydrogens (primary N) is 1. The lowest BCUT2D eigenvalue weighted by Crippen LogP contribution is -2.38. The van der Waals surface area contributed by atoms with E-state index < -0.39 is 5.60 Å². The van der Waals surface area contributed by atoms with Crippen molar-refractivity contribution in [2.24, 2.45) is 5.73 Å². The number of hydrogen-bond donors (Lipinski definition) is 1. The Labute approximate surface area is 109 Å². The van der Waals surface area contributed by atoms with Crippen LogP contribution in [0.4, 0.5) is 0 Å². The quantitative estimate of drug-likeness (QED) is 0.846. The lowest BCUT2D eigenvalue weighted by atomic mass is 9.92. The zero-order valence-electron chi connectivity index (χ0n) is 11.8. The van der Waals surface area contributed by atoms with Crippen LogP contribution < -0.4 is 15.2 Å². The zero-order valence-corrected chi connectivity index (χ0v) is 11.8. The predicted molar refractivity (Wildman–Crippen MR) is 72.2 cm³/mol. The molecule has 0 aliphatic rings. The summed E-state index contributed by atoms with van der Waals surface area (Å²) in [5.41, 5.74) is 6.79. The first-order valence-electron chi connectivity index (χ1n) is 6.07. The molecule has 4 heteroatoms. The van der Waals surface area contributed by atoms with Crippen LogP contribution in [0, 0.1) is 0 Å². The lowest BCUT2D eigenvalue weighted by Gasteiger charge is -2.32. The lowest BCUT2D eigenvalue weighted by molar-refractivity contribution is -0.0298. The van der Waals surface area contributed by atoms with Crippen molar-refractivity contribution >= 4 is 0 Å². The normalized spacial score (nSPS) is 13.2. The molecule has 0 radical (unpaired) electrons. The Bertz CT molecular complexity index is 391. The molecule has 1 aromatic rings. The zero-order chi connectivity index (χ0) is 13.8. The van der Waals surface area contributed by atoms with E-state index in [1.165, 1.54) is 0 Å². The molecule has 0 amide bonds. The van der Waals surface area contributed by atoms with Gasteiger partial charge in [-0.2, -0.15) is 0 Å². The van der Waals surface area contributed by atoms with Crippen molar-refractivity contribution < 1.29 is 14.2 Å². The third-order valence-electron chi connectivity index (χ3n) is 3.03. The fourth-order valence-corrected chi connectivity index (χ4v) is 1.91. The van der Waals surface area contributed by atoms with Gasteiger partial charge < -0.3 is 19.9 Å². The van der Waals surface area contributed by atoms with Crippen molar-refractivity contribution in [1.82, 2.24) is 0 Å². The van der Waals surface area contributed by atoms with Gasteiger partial charge in [-0.25, -0.2) is 0 Å². The molecule has 2 N–H and O–H groups in total. The number of rotatable bonds is 6. The highest BCUT2D eigenvalue weighted by molar-refractivity contribution is 5.44. The highest BCUT2D eigenvalue weighted by Gasteiger charge is 2.28. The standard InChI is InChI=1S/C14H23NO3/c1-6-18-14(2,3)13(15)10-7-8-11(16-4)12(9-10)17-5/h7-9,13H,6,15H2,1-5H3. The predicted octanol–water partition coefficient (Wildman–Crippen LogP) is 2.52. The molecular weight excluding hydrogens is 230 g/mol. The van der Waals surface area contributed by atoms with E-state index in [1.54, 1.807) is 14.2 Å². The van der Waals surface area contributed by atoms with Gasteiger partial charge in [-0.3, -0.25) is 0 Å². The van der Waals surface area contributed by atoms with Gasteiger partial charge in [0.25, 0.3) is 0 Å². The maximum Gasteiger partial charge on any atom is 0.161 e. The van der Waals surface area contributed by atoms with Crippen molar-refractivity contribution in [2.45, 2.75) is 32.4 Å². The minimum absolute atomic E-state index is 0.225. The molecule has 102 valence electrons. The van der Waals surface area contributed by atoms with Crippen molar-refractivity contribution in [3.05, 3.63) is 23.8 Å². The van der Waals surface area contributed by atoms with Crippen molar-refractivity contribution in [3.8, 4) is 11.5 Å². The summed E-state index contributed by atoms with van der Waals surface area (Å²) in [6, 6.07) is 5.46. The van der Waals surface area contributed by atoms with Crippen LogP contribution in [0.1, 0.15) is 32.4 Å². The molecule has 0 saturated carbocycles. The molecule has 18 heavy (non-hydrogen) atoms. The van der Waals surface area contributed by atoms with Gasteiger partial charge >= 0.3 is 0 Å². The molecule has 1 rings (SSSR count). The number of hydrogen-bond acceptors (Lipinski definition) is 4. The molecule has 0 aliphatic heterocycles. The summed E-state index contributed by atoms with van der Waals surface area (Å²) in [7, 11) is 3.22. The number of methoxy groups -OCH3 is 2. The number of ether oxygens (including phenoxy) is 3. The molecule has 0 bridgehead atoms. The monoisotopic (exact) mass is 253 g/mol. The highest BCUT2D eigenvalue weighted by Crippen LogP contribution is 2.33. The van der Waals surface area contributed by atoms with E-state index in [9.17, 15) is 0 Å². The molecule has 4 nitrogen and oxygen atoms in total. The molecule has 1 atom stereocenters. The van der Waals surface area contributed by atoms with Crippen molar-refractivity contribution in [1.29, 1.82) is 0 Å². The van der Waals surface area contributed by atoms with Gasteiger partial charge in [-0.05, 0) is 38.5 Å². The van der Waals surface area contributed by atoms with Crippen LogP contribution in [0.25, 0.3) is 0 Å². The second-order valence-corrected chi connectivity index (χ2v) is 4.63. The highest BCUT2D eigenvalue weighted by atomic mass is 16.5. The Hall–Kier alpha value is -1.26. The molecule has 0 saturated heterocycles. The summed E-state index contributed by atoms with van der Waals surface area (Å²) in [6.45, 7) is 6.56. The Morgan fingerprint density at radius 2 is 1.78 bits per heavy atom. The van der Waals surface area contributed by atoms with Crippen molar-refractivity contribution in [3.63, 3.8) is 0 Å². The van der Waals surface area contributed by atoms with Gasteiger partial charge in [0.05, 0.1) is 25.9 Å². The van der Waals surface area contributed by atoms with Crippen LogP contribution in [0.5, 0.6) is 11.5 Å². The average Bonchev–Trinajstić information content (AvgIpc) is 2.36. The van der Waals surface area contributed by atoms with E-state index in [4.69, 9.17) is 19.9 Å². The van der Waals surface area contributed by atoms with Gasteiger partial charge in [0, 0.05) is 6.61 Å². The first kappa shape index (κ1) is 14.8. The van der Waals surface area contributed by atoms with E-state index >= 15 is 0 Å². The van der Waals surface area contributed by atoms with Crippen molar-refractivity contribution in [2.75, 3.05) is 20.8 Å². The second-order valence-electron chi connectivity index (χ2n) is 4.63. The molecule has 0 aromatic heterocycles. The largest absolute Gasteiger partial charge is 0.493 e. The summed E-state index contributed by atoms with van der Waals surface area (Å²) >= 11 is 0. The summed E-state index contributed by atoms with van der Waals surface area (Å²) < 4.78 is 16.2. The Morgan fingerprint density at radius 3 is 2.28 bits per heavy atom. The summed E-state index contributed by atoms with van der Waals surface area (Å²) in [4.78, 5) is 0. The van der Waals surface area contributed by atoms with Crippen LogP contribution in [0.2, 0.25) is 0 Å². The second kappa shape index (κ2) is 6.07. The average molecular weight is 253 g/mol. The van der Waals surface area contributed by atoms with Gasteiger partial charge in [0.15, 0.2) is 11.5 Å².